The molecule has 6 nitrogen and oxygen atoms in total. The Kier molecular flexibility index (Phi) is 6.74. The topological polar surface area (TPSA) is 85.2 Å². The van der Waals surface area contributed by atoms with Crippen LogP contribution in [0.25, 0.3) is 0 Å². The summed E-state index contributed by atoms with van der Waals surface area (Å²) in [5, 5.41) is 20.8. The SMILES string of the molecule is C=CC1CCC2C3CC=C4CC(OC5OC(C)C(O)C(O)C5OC(C)=O)CCC4(C)C3CCC12C. The molecule has 4 aliphatic carbocycles. The van der Waals surface area contributed by atoms with Gasteiger partial charge in [-0.05, 0) is 92.8 Å². The summed E-state index contributed by atoms with van der Waals surface area (Å²) in [6, 6.07) is 0. The predicted octanol–water partition coefficient (Wildman–Crippen LogP) is 4.53. The molecule has 0 radical (unpaired) electrons. The van der Waals surface area contributed by atoms with Crippen molar-refractivity contribution in [2.45, 2.75) is 116 Å². The van der Waals surface area contributed by atoms with Crippen molar-refractivity contribution in [3.05, 3.63) is 24.3 Å². The third-order valence-corrected chi connectivity index (χ3v) is 10.8. The van der Waals surface area contributed by atoms with E-state index in [1.807, 2.05) is 0 Å². The second-order valence-corrected chi connectivity index (χ2v) is 12.5. The smallest absolute Gasteiger partial charge is 0.303 e. The van der Waals surface area contributed by atoms with E-state index in [0.29, 0.717) is 11.3 Å². The number of carbonyl (C=O) groups is 1. The molecule has 12 unspecified atom stereocenters. The summed E-state index contributed by atoms with van der Waals surface area (Å²) < 4.78 is 17.6. The highest BCUT2D eigenvalue weighted by Gasteiger charge is 2.58. The molecule has 196 valence electrons. The first-order valence-electron chi connectivity index (χ1n) is 13.7. The molecule has 5 aliphatic rings. The first-order valence-corrected chi connectivity index (χ1v) is 13.7. The van der Waals surface area contributed by atoms with Crippen LogP contribution in [0, 0.1) is 34.5 Å². The van der Waals surface area contributed by atoms with E-state index in [2.05, 4.69) is 32.6 Å². The van der Waals surface area contributed by atoms with Crippen LogP contribution in [-0.2, 0) is 19.0 Å². The second-order valence-electron chi connectivity index (χ2n) is 12.5. The number of allylic oxidation sites excluding steroid dienone is 2. The molecule has 0 bridgehead atoms. The van der Waals surface area contributed by atoms with Gasteiger partial charge in [0.15, 0.2) is 12.4 Å². The van der Waals surface area contributed by atoms with Gasteiger partial charge < -0.3 is 24.4 Å². The van der Waals surface area contributed by atoms with Crippen molar-refractivity contribution in [1.82, 2.24) is 0 Å². The van der Waals surface area contributed by atoms with E-state index in [1.54, 1.807) is 6.92 Å². The van der Waals surface area contributed by atoms with Gasteiger partial charge >= 0.3 is 5.97 Å². The summed E-state index contributed by atoms with van der Waals surface area (Å²) in [5.41, 5.74) is 2.13. The van der Waals surface area contributed by atoms with Crippen LogP contribution >= 0.6 is 0 Å². The molecule has 2 N–H and O–H groups in total. The Morgan fingerprint density at radius 1 is 1.14 bits per heavy atom. The Hall–Kier alpha value is -1.21. The Morgan fingerprint density at radius 2 is 1.91 bits per heavy atom. The zero-order chi connectivity index (χ0) is 25.1. The van der Waals surface area contributed by atoms with Gasteiger partial charge in [0, 0.05) is 6.92 Å². The van der Waals surface area contributed by atoms with Gasteiger partial charge in [0.05, 0.1) is 12.2 Å². The third kappa shape index (κ3) is 4.13. The second kappa shape index (κ2) is 9.27. The van der Waals surface area contributed by atoms with Gasteiger partial charge in [-0.2, -0.15) is 0 Å². The third-order valence-electron chi connectivity index (χ3n) is 10.8. The number of rotatable bonds is 4. The first-order chi connectivity index (χ1) is 16.6. The molecule has 0 aromatic rings. The van der Waals surface area contributed by atoms with Crippen molar-refractivity contribution in [2.75, 3.05) is 0 Å². The van der Waals surface area contributed by atoms with Crippen molar-refractivity contribution < 1.29 is 29.2 Å². The van der Waals surface area contributed by atoms with Gasteiger partial charge in [-0.3, -0.25) is 4.79 Å². The monoisotopic (exact) mass is 488 g/mol. The standard InChI is InChI=1S/C29H44O6/c1-6-18-8-10-22-21-9-7-19-15-20(11-13-29(19,5)23(21)12-14-28(18,22)4)35-27-26(34-17(3)30)25(32)24(31)16(2)33-27/h6-7,16,18,20-27,31-32H,1,8-15H2,2-5H3. The predicted molar refractivity (Wildman–Crippen MR) is 132 cm³/mol. The minimum atomic E-state index is -1.24. The first kappa shape index (κ1) is 25.4. The molecule has 6 heteroatoms. The van der Waals surface area contributed by atoms with Crippen molar-refractivity contribution >= 4 is 5.97 Å². The summed E-state index contributed by atoms with van der Waals surface area (Å²) in [4.78, 5) is 11.6. The molecule has 0 aromatic carbocycles. The van der Waals surface area contributed by atoms with Crippen LogP contribution < -0.4 is 0 Å². The lowest BCUT2D eigenvalue weighted by molar-refractivity contribution is -0.308. The molecule has 0 aromatic heterocycles. The van der Waals surface area contributed by atoms with Crippen LogP contribution in [0.4, 0.5) is 0 Å². The minimum absolute atomic E-state index is 0.0611. The summed E-state index contributed by atoms with van der Waals surface area (Å²) in [7, 11) is 0. The van der Waals surface area contributed by atoms with Gasteiger partial charge in [-0.25, -0.2) is 0 Å². The number of esters is 1. The molecule has 0 spiro atoms. The van der Waals surface area contributed by atoms with Gasteiger partial charge in [0.2, 0.25) is 0 Å². The van der Waals surface area contributed by atoms with Crippen molar-refractivity contribution in [1.29, 1.82) is 0 Å². The van der Waals surface area contributed by atoms with E-state index >= 15 is 0 Å². The van der Waals surface area contributed by atoms with E-state index in [4.69, 9.17) is 14.2 Å². The number of aliphatic hydroxyl groups is 2. The van der Waals surface area contributed by atoms with Crippen LogP contribution in [0.1, 0.15) is 79.1 Å². The average molecular weight is 489 g/mol. The molecule has 12 atom stereocenters. The highest BCUT2D eigenvalue weighted by Crippen LogP contribution is 2.66. The Balaban J connectivity index is 1.30. The molecule has 1 aliphatic heterocycles. The molecule has 4 fully saturated rings. The number of hydrogen-bond donors (Lipinski definition) is 2. The largest absolute Gasteiger partial charge is 0.454 e. The molecule has 1 heterocycles. The van der Waals surface area contributed by atoms with Gasteiger partial charge in [0.1, 0.15) is 12.2 Å². The van der Waals surface area contributed by atoms with Gasteiger partial charge in [-0.1, -0.05) is 31.6 Å². The average Bonchev–Trinajstić information content (AvgIpc) is 3.16. The number of carbonyl (C=O) groups excluding carboxylic acids is 1. The maximum absolute atomic E-state index is 11.6. The van der Waals surface area contributed by atoms with Crippen LogP contribution in [-0.4, -0.2) is 53.0 Å². The van der Waals surface area contributed by atoms with Gasteiger partial charge in [-0.15, -0.1) is 6.58 Å². The maximum Gasteiger partial charge on any atom is 0.303 e. The molecule has 3 saturated carbocycles. The fraction of sp³-hybridized carbons (Fsp3) is 0.828. The lowest BCUT2D eigenvalue weighted by Crippen LogP contribution is -2.59. The van der Waals surface area contributed by atoms with E-state index in [0.717, 1.165) is 43.4 Å². The summed E-state index contributed by atoms with van der Waals surface area (Å²) in [5.74, 6) is 2.41. The molecule has 1 saturated heterocycles. The molecule has 0 amide bonds. The number of ether oxygens (including phenoxy) is 3. The summed E-state index contributed by atoms with van der Waals surface area (Å²) in [6.07, 6.45) is 9.00. The Labute approximate surface area is 210 Å². The lowest BCUT2D eigenvalue weighted by Gasteiger charge is -2.58. The zero-order valence-electron chi connectivity index (χ0n) is 21.8. The molecular weight excluding hydrogens is 444 g/mol. The van der Waals surface area contributed by atoms with Crippen molar-refractivity contribution in [3.8, 4) is 0 Å². The molecule has 5 rings (SSSR count). The van der Waals surface area contributed by atoms with Crippen LogP contribution in [0.15, 0.2) is 24.3 Å². The van der Waals surface area contributed by atoms with Gasteiger partial charge in [0.25, 0.3) is 0 Å². The quantitative estimate of drug-likeness (QED) is 0.447. The van der Waals surface area contributed by atoms with E-state index < -0.39 is 36.7 Å². The van der Waals surface area contributed by atoms with Crippen LogP contribution in [0.3, 0.4) is 0 Å². The minimum Gasteiger partial charge on any atom is -0.454 e. The summed E-state index contributed by atoms with van der Waals surface area (Å²) in [6.45, 7) is 12.2. The number of hydrogen-bond acceptors (Lipinski definition) is 6. The normalized spacial score (nSPS) is 51.4. The fourth-order valence-corrected chi connectivity index (χ4v) is 8.79. The van der Waals surface area contributed by atoms with E-state index in [1.165, 1.54) is 38.2 Å². The lowest BCUT2D eigenvalue weighted by atomic mass is 9.47. The van der Waals surface area contributed by atoms with Crippen molar-refractivity contribution in [3.63, 3.8) is 0 Å². The number of aliphatic hydroxyl groups excluding tert-OH is 2. The van der Waals surface area contributed by atoms with E-state index in [-0.39, 0.29) is 11.5 Å². The molecular formula is C29H44O6. The number of fused-ring (bicyclic) bond motifs is 5. The Morgan fingerprint density at radius 3 is 2.63 bits per heavy atom. The van der Waals surface area contributed by atoms with Crippen molar-refractivity contribution in [2.24, 2.45) is 34.5 Å². The van der Waals surface area contributed by atoms with E-state index in [9.17, 15) is 15.0 Å². The van der Waals surface area contributed by atoms with Crippen LogP contribution in [0.2, 0.25) is 0 Å². The maximum atomic E-state index is 11.6. The Bertz CT molecular complexity index is 869. The van der Waals surface area contributed by atoms with Crippen LogP contribution in [0.5, 0.6) is 0 Å². The summed E-state index contributed by atoms with van der Waals surface area (Å²) >= 11 is 0. The highest BCUT2D eigenvalue weighted by atomic mass is 16.7. The molecule has 35 heavy (non-hydrogen) atoms. The highest BCUT2D eigenvalue weighted by molar-refractivity contribution is 5.66. The fourth-order valence-electron chi connectivity index (χ4n) is 8.79. The zero-order valence-corrected chi connectivity index (χ0v) is 21.8.